The predicted molar refractivity (Wildman–Crippen MR) is 126 cm³/mol. The molecule has 164 valence electrons. The number of ether oxygens (including phenoxy) is 1. The fourth-order valence-corrected chi connectivity index (χ4v) is 4.51. The molecule has 0 saturated carbocycles. The summed E-state index contributed by atoms with van der Waals surface area (Å²) in [6.45, 7) is 1.91. The Balaban J connectivity index is 0.00000272. The van der Waals surface area contributed by atoms with E-state index in [0.717, 1.165) is 48.7 Å². The van der Waals surface area contributed by atoms with Gasteiger partial charge in [0, 0.05) is 32.8 Å². The quantitative estimate of drug-likeness (QED) is 0.581. The van der Waals surface area contributed by atoms with Crippen molar-refractivity contribution in [2.24, 2.45) is 5.92 Å². The van der Waals surface area contributed by atoms with Crippen LogP contribution in [0.25, 0.3) is 0 Å². The van der Waals surface area contributed by atoms with E-state index in [-0.39, 0.29) is 19.4 Å². The maximum atomic E-state index is 12.6. The summed E-state index contributed by atoms with van der Waals surface area (Å²) in [4.78, 5) is 14.9. The second-order valence-electron chi connectivity index (χ2n) is 7.23. The minimum atomic E-state index is -0.677. The molecular weight excluding hydrogens is 432 g/mol. The Hall–Kier alpha value is -2.56. The summed E-state index contributed by atoms with van der Waals surface area (Å²) in [5.41, 5.74) is 0.803. The molecule has 31 heavy (non-hydrogen) atoms. The van der Waals surface area contributed by atoms with Gasteiger partial charge in [-0.15, -0.1) is 15.3 Å². The van der Waals surface area contributed by atoms with E-state index in [2.05, 4.69) is 30.6 Å². The third-order valence-corrected chi connectivity index (χ3v) is 6.09. The second-order valence-corrected chi connectivity index (χ2v) is 8.30. The van der Waals surface area contributed by atoms with E-state index in [0.29, 0.717) is 11.0 Å². The van der Waals surface area contributed by atoms with Gasteiger partial charge in [-0.1, -0.05) is 41.7 Å². The lowest BCUT2D eigenvalue weighted by Gasteiger charge is -2.32. The van der Waals surface area contributed by atoms with Crippen LogP contribution < -0.4 is 10.2 Å². The van der Waals surface area contributed by atoms with Gasteiger partial charge >= 0.3 is 0 Å². The number of carbonyl (C=O) groups is 1. The maximum absolute atomic E-state index is 12.6. The zero-order valence-corrected chi connectivity index (χ0v) is 19.1. The van der Waals surface area contributed by atoms with E-state index in [4.69, 9.17) is 4.74 Å². The number of hydrogen-bond donors (Lipinski definition) is 1. The molecule has 0 spiro atoms. The van der Waals surface area contributed by atoms with Crippen molar-refractivity contribution < 1.29 is 9.53 Å². The number of amides is 1. The Morgan fingerprint density at radius 3 is 2.61 bits per heavy atom. The monoisotopic (exact) mass is 458 g/mol. The van der Waals surface area contributed by atoms with Crippen molar-refractivity contribution in [2.75, 3.05) is 30.4 Å². The van der Waals surface area contributed by atoms with Crippen molar-refractivity contribution in [3.05, 3.63) is 59.2 Å². The van der Waals surface area contributed by atoms with E-state index in [1.165, 1.54) is 18.4 Å². The molecule has 1 saturated heterocycles. The van der Waals surface area contributed by atoms with Crippen molar-refractivity contribution in [1.82, 2.24) is 20.4 Å². The van der Waals surface area contributed by atoms with Crippen LogP contribution in [0.1, 0.15) is 29.5 Å². The molecule has 3 aromatic rings. The summed E-state index contributed by atoms with van der Waals surface area (Å²) in [6, 6.07) is 13.3. The molecule has 4 rings (SSSR count). The van der Waals surface area contributed by atoms with Gasteiger partial charge in [0.2, 0.25) is 5.13 Å². The summed E-state index contributed by atoms with van der Waals surface area (Å²) < 4.78 is 5.38. The third kappa shape index (κ3) is 5.99. The third-order valence-electron chi connectivity index (χ3n) is 5.23. The molecule has 1 amide bonds. The minimum absolute atomic E-state index is 0. The first-order chi connectivity index (χ1) is 14.7. The van der Waals surface area contributed by atoms with Gasteiger partial charge in [-0.05, 0) is 36.5 Å². The Morgan fingerprint density at radius 1 is 1.16 bits per heavy atom. The van der Waals surface area contributed by atoms with Crippen LogP contribution in [0.5, 0.6) is 0 Å². The van der Waals surface area contributed by atoms with Gasteiger partial charge in [0.1, 0.15) is 5.01 Å². The van der Waals surface area contributed by atoms with E-state index in [1.807, 2.05) is 42.5 Å². The van der Waals surface area contributed by atoms with Crippen LogP contribution >= 0.6 is 24.8 Å². The fraction of sp³-hybridized carbons (Fsp3) is 0.381. The van der Waals surface area contributed by atoms with Crippen LogP contribution in [0.3, 0.4) is 0 Å². The molecule has 1 aliphatic heterocycles. The molecule has 3 heterocycles. The van der Waals surface area contributed by atoms with Gasteiger partial charge < -0.3 is 9.64 Å². The Labute approximate surface area is 192 Å². The van der Waals surface area contributed by atoms with Gasteiger partial charge in [-0.3, -0.25) is 10.1 Å². The molecule has 0 bridgehead atoms. The normalized spacial score (nSPS) is 15.2. The fourth-order valence-electron chi connectivity index (χ4n) is 3.66. The van der Waals surface area contributed by atoms with Crippen LogP contribution in [0.2, 0.25) is 0 Å². The molecule has 0 radical (unpaired) electrons. The largest absolute Gasteiger partial charge is 0.367 e. The van der Waals surface area contributed by atoms with Crippen molar-refractivity contribution in [2.45, 2.75) is 25.4 Å². The number of hydrogen-bond acceptors (Lipinski definition) is 8. The van der Waals surface area contributed by atoms with Crippen molar-refractivity contribution in [3.63, 3.8) is 0 Å². The molecule has 2 aromatic heterocycles. The molecular formula is C21H26N6O2S2. The maximum Gasteiger partial charge on any atom is 0.259 e. The highest BCUT2D eigenvalue weighted by Crippen LogP contribution is 2.27. The Bertz CT molecular complexity index is 949. The first-order valence-corrected chi connectivity index (χ1v) is 10.8. The van der Waals surface area contributed by atoms with Crippen LogP contribution in [0.4, 0.5) is 10.9 Å². The van der Waals surface area contributed by atoms with Gasteiger partial charge in [-0.25, -0.2) is 0 Å². The molecule has 1 N–H and O–H groups in total. The van der Waals surface area contributed by atoms with Crippen molar-refractivity contribution in [3.8, 4) is 0 Å². The minimum Gasteiger partial charge on any atom is -0.367 e. The summed E-state index contributed by atoms with van der Waals surface area (Å²) >= 11 is 1.43. The number of carbonyl (C=O) groups excluding carboxylic acids is 1. The highest BCUT2D eigenvalue weighted by atomic mass is 32.1. The zero-order chi connectivity index (χ0) is 20.8. The van der Waals surface area contributed by atoms with Crippen LogP contribution in [0, 0.1) is 5.92 Å². The van der Waals surface area contributed by atoms with Gasteiger partial charge in [0.25, 0.3) is 5.91 Å². The number of benzene rings is 1. The van der Waals surface area contributed by atoms with Crippen molar-refractivity contribution in [1.29, 1.82) is 0 Å². The second kappa shape index (κ2) is 11.2. The average Bonchev–Trinajstić information content (AvgIpc) is 3.23. The zero-order valence-electron chi connectivity index (χ0n) is 17.3. The first-order valence-electron chi connectivity index (χ1n) is 9.96. The highest BCUT2D eigenvalue weighted by molar-refractivity contribution is 7.59. The van der Waals surface area contributed by atoms with Crippen molar-refractivity contribution >= 4 is 41.7 Å². The van der Waals surface area contributed by atoms with Gasteiger partial charge in [0.15, 0.2) is 11.9 Å². The number of rotatable bonds is 7. The number of piperidine rings is 1. The van der Waals surface area contributed by atoms with Crippen LogP contribution in [-0.2, 0) is 16.0 Å². The molecule has 1 fully saturated rings. The highest BCUT2D eigenvalue weighted by Gasteiger charge is 2.24. The Kier molecular flexibility index (Phi) is 8.33. The number of anilines is 2. The SMILES string of the molecule is CO[C@H](C(=O)Nc1nnc(CC2CCN(c3cccnn3)CC2)s1)c1ccccc1.S. The molecule has 0 aliphatic carbocycles. The molecule has 1 aliphatic rings. The number of aromatic nitrogens is 4. The van der Waals surface area contributed by atoms with E-state index in [9.17, 15) is 4.79 Å². The predicted octanol–water partition coefficient (Wildman–Crippen LogP) is 3.23. The van der Waals surface area contributed by atoms with E-state index < -0.39 is 6.10 Å². The number of methoxy groups -OCH3 is 1. The van der Waals surface area contributed by atoms with Gasteiger partial charge in [0.05, 0.1) is 0 Å². The molecule has 8 nitrogen and oxygen atoms in total. The lowest BCUT2D eigenvalue weighted by Crippen LogP contribution is -2.34. The smallest absolute Gasteiger partial charge is 0.259 e. The summed E-state index contributed by atoms with van der Waals surface area (Å²) in [5.74, 6) is 1.23. The standard InChI is InChI=1S/C21H24N6O2S.H2S/c1-29-19(16-6-3-2-4-7-16)20(28)23-21-26-25-18(30-21)14-15-9-12-27(13-10-15)17-8-5-11-22-24-17;/h2-8,11,15,19H,9-10,12-14H2,1H3,(H,23,26,28);1H2/t19-;/m0./s1. The topological polar surface area (TPSA) is 93.1 Å². The van der Waals surface area contributed by atoms with Crippen LogP contribution in [-0.4, -0.2) is 46.5 Å². The Morgan fingerprint density at radius 2 is 1.94 bits per heavy atom. The number of nitrogens with zero attached hydrogens (tertiary/aromatic N) is 5. The molecule has 1 atom stereocenters. The van der Waals surface area contributed by atoms with E-state index >= 15 is 0 Å². The molecule has 10 heteroatoms. The molecule has 0 unspecified atom stereocenters. The summed E-state index contributed by atoms with van der Waals surface area (Å²) in [7, 11) is 1.52. The number of nitrogens with one attached hydrogen (secondary N) is 1. The lowest BCUT2D eigenvalue weighted by atomic mass is 9.94. The first kappa shape index (κ1) is 23.1. The van der Waals surface area contributed by atoms with E-state index in [1.54, 1.807) is 6.20 Å². The van der Waals surface area contributed by atoms with Crippen LogP contribution in [0.15, 0.2) is 48.7 Å². The summed E-state index contributed by atoms with van der Waals surface area (Å²) in [5, 5.41) is 20.9. The average molecular weight is 459 g/mol. The summed E-state index contributed by atoms with van der Waals surface area (Å²) in [6.07, 6.45) is 4.02. The lowest BCUT2D eigenvalue weighted by molar-refractivity contribution is -0.126. The molecule has 1 aromatic carbocycles. The van der Waals surface area contributed by atoms with Gasteiger partial charge in [-0.2, -0.15) is 18.6 Å².